The number of carbonyl (C=O) groups is 1. The molecule has 0 amide bonds. The third-order valence-corrected chi connectivity index (χ3v) is 3.60. The zero-order valence-corrected chi connectivity index (χ0v) is 10.6. The summed E-state index contributed by atoms with van der Waals surface area (Å²) in [6, 6.07) is 18.0. The fourth-order valence-corrected chi connectivity index (χ4v) is 2.50. The molecule has 3 aromatic rings. The molecular weight excluding hydrogens is 236 g/mol. The standard InChI is InChI=1S/C17H13O2/c1-11(17(18)19)15-8-4-7-14-9-12-5-2-3-6-13(12)10-16(14)15/h2-11H,1H3. The Bertz CT molecular complexity index is 774. The second-order valence-electron chi connectivity index (χ2n) is 4.81. The van der Waals surface area contributed by atoms with Crippen molar-refractivity contribution < 1.29 is 9.90 Å². The Morgan fingerprint density at radius 2 is 1.53 bits per heavy atom. The molecule has 0 heterocycles. The minimum absolute atomic E-state index is 0.607. The lowest BCUT2D eigenvalue weighted by Gasteiger charge is -2.10. The third kappa shape index (κ3) is 1.95. The smallest absolute Gasteiger partial charge is 0.247 e. The van der Waals surface area contributed by atoms with Gasteiger partial charge in [0.05, 0.1) is 5.92 Å². The lowest BCUT2D eigenvalue weighted by Crippen LogP contribution is -2.06. The van der Waals surface area contributed by atoms with E-state index >= 15 is 0 Å². The highest BCUT2D eigenvalue weighted by Crippen LogP contribution is 2.29. The van der Waals surface area contributed by atoms with Gasteiger partial charge < -0.3 is 0 Å². The zero-order chi connectivity index (χ0) is 13.4. The summed E-state index contributed by atoms with van der Waals surface area (Å²) in [7, 11) is 0. The monoisotopic (exact) mass is 249 g/mol. The first-order valence-corrected chi connectivity index (χ1v) is 6.29. The summed E-state index contributed by atoms with van der Waals surface area (Å²) in [4.78, 5) is 11.1. The number of fused-ring (bicyclic) bond motifs is 2. The van der Waals surface area contributed by atoms with E-state index in [4.69, 9.17) is 0 Å². The van der Waals surface area contributed by atoms with E-state index in [2.05, 4.69) is 18.2 Å². The Morgan fingerprint density at radius 3 is 2.21 bits per heavy atom. The number of hydrogen-bond acceptors (Lipinski definition) is 1. The molecule has 2 nitrogen and oxygen atoms in total. The summed E-state index contributed by atoms with van der Waals surface area (Å²) in [5.41, 5.74) is 0.809. The fraction of sp³-hybridized carbons (Fsp3) is 0.118. The maximum Gasteiger partial charge on any atom is 0.362 e. The van der Waals surface area contributed by atoms with Crippen LogP contribution in [0.3, 0.4) is 0 Å². The average molecular weight is 249 g/mol. The topological polar surface area (TPSA) is 37.0 Å². The Kier molecular flexibility index (Phi) is 2.71. The molecule has 2 heteroatoms. The van der Waals surface area contributed by atoms with E-state index in [1.54, 1.807) is 6.92 Å². The van der Waals surface area contributed by atoms with Gasteiger partial charge >= 0.3 is 5.97 Å². The van der Waals surface area contributed by atoms with Gasteiger partial charge in [-0.15, -0.1) is 0 Å². The van der Waals surface area contributed by atoms with Gasteiger partial charge in [-0.05, 0) is 46.2 Å². The molecule has 0 bridgehead atoms. The number of benzene rings is 3. The molecule has 3 rings (SSSR count). The molecular formula is C17H13O2. The second-order valence-corrected chi connectivity index (χ2v) is 4.81. The molecule has 93 valence electrons. The third-order valence-electron chi connectivity index (χ3n) is 3.60. The highest BCUT2D eigenvalue weighted by molar-refractivity contribution is 6.01. The second kappa shape index (κ2) is 4.39. The van der Waals surface area contributed by atoms with Crippen LogP contribution in [0.15, 0.2) is 54.6 Å². The minimum atomic E-state index is -1.04. The first kappa shape index (κ1) is 11.7. The average Bonchev–Trinajstić information content (AvgIpc) is 2.43. The first-order chi connectivity index (χ1) is 9.16. The van der Waals surface area contributed by atoms with Gasteiger partial charge in [0.15, 0.2) is 0 Å². The van der Waals surface area contributed by atoms with E-state index in [1.807, 2.05) is 36.4 Å². The molecule has 3 aromatic carbocycles. The Labute approximate surface area is 111 Å². The molecule has 19 heavy (non-hydrogen) atoms. The van der Waals surface area contributed by atoms with Crippen LogP contribution in [0.25, 0.3) is 21.5 Å². The van der Waals surface area contributed by atoms with Crippen LogP contribution < -0.4 is 0 Å². The van der Waals surface area contributed by atoms with Crippen molar-refractivity contribution in [2.45, 2.75) is 12.8 Å². The van der Waals surface area contributed by atoms with Crippen LogP contribution in [0, 0.1) is 0 Å². The lowest BCUT2D eigenvalue weighted by molar-refractivity contribution is -0.144. The molecule has 0 fully saturated rings. The van der Waals surface area contributed by atoms with Crippen molar-refractivity contribution in [1.29, 1.82) is 0 Å². The number of rotatable bonds is 2. The lowest BCUT2D eigenvalue weighted by atomic mass is 9.93. The Hall–Kier alpha value is -2.35. The summed E-state index contributed by atoms with van der Waals surface area (Å²) in [6.07, 6.45) is 0. The summed E-state index contributed by atoms with van der Waals surface area (Å²) < 4.78 is 0. The van der Waals surface area contributed by atoms with E-state index in [0.29, 0.717) is 0 Å². The van der Waals surface area contributed by atoms with Gasteiger partial charge in [0.25, 0.3) is 0 Å². The Balaban J connectivity index is 2.35. The van der Waals surface area contributed by atoms with E-state index in [-0.39, 0.29) is 0 Å². The van der Waals surface area contributed by atoms with Crippen LogP contribution in [0.1, 0.15) is 18.4 Å². The molecule has 1 radical (unpaired) electrons. The van der Waals surface area contributed by atoms with Crippen molar-refractivity contribution in [2.24, 2.45) is 0 Å². The maximum absolute atomic E-state index is 11.1. The first-order valence-electron chi connectivity index (χ1n) is 6.29. The number of hydrogen-bond donors (Lipinski definition) is 0. The van der Waals surface area contributed by atoms with Crippen molar-refractivity contribution >= 4 is 27.5 Å². The molecule has 0 aromatic heterocycles. The minimum Gasteiger partial charge on any atom is -0.247 e. The molecule has 0 saturated carbocycles. The maximum atomic E-state index is 11.1. The SMILES string of the molecule is CC(C([O])=O)c1cccc2cc3ccccc3cc12. The highest BCUT2D eigenvalue weighted by Gasteiger charge is 2.18. The molecule has 0 aliphatic rings. The fourth-order valence-electron chi connectivity index (χ4n) is 2.50. The van der Waals surface area contributed by atoms with E-state index in [9.17, 15) is 9.90 Å². The van der Waals surface area contributed by atoms with E-state index in [1.165, 1.54) is 0 Å². The van der Waals surface area contributed by atoms with Gasteiger partial charge in [0, 0.05) is 0 Å². The van der Waals surface area contributed by atoms with Crippen molar-refractivity contribution in [1.82, 2.24) is 0 Å². The van der Waals surface area contributed by atoms with Crippen LogP contribution in [0.2, 0.25) is 0 Å². The summed E-state index contributed by atoms with van der Waals surface area (Å²) in [6.45, 7) is 1.67. The molecule has 0 spiro atoms. The van der Waals surface area contributed by atoms with Crippen molar-refractivity contribution in [3.8, 4) is 0 Å². The summed E-state index contributed by atoms with van der Waals surface area (Å²) in [5, 5.41) is 15.4. The van der Waals surface area contributed by atoms with Crippen LogP contribution in [-0.4, -0.2) is 5.97 Å². The Morgan fingerprint density at radius 1 is 0.895 bits per heavy atom. The van der Waals surface area contributed by atoms with Crippen LogP contribution in [0.5, 0.6) is 0 Å². The zero-order valence-electron chi connectivity index (χ0n) is 10.6. The van der Waals surface area contributed by atoms with Crippen molar-refractivity contribution in [3.05, 3.63) is 60.2 Å². The van der Waals surface area contributed by atoms with Gasteiger partial charge in [-0.1, -0.05) is 42.5 Å². The van der Waals surface area contributed by atoms with Crippen LogP contribution >= 0.6 is 0 Å². The molecule has 1 unspecified atom stereocenters. The normalized spacial score (nSPS) is 12.7. The van der Waals surface area contributed by atoms with Gasteiger partial charge in [-0.25, -0.2) is 9.90 Å². The largest absolute Gasteiger partial charge is 0.362 e. The van der Waals surface area contributed by atoms with Crippen LogP contribution in [0.4, 0.5) is 0 Å². The predicted octanol–water partition coefficient (Wildman–Crippen LogP) is 4.05. The van der Waals surface area contributed by atoms with Crippen LogP contribution in [-0.2, 0) is 9.90 Å². The van der Waals surface area contributed by atoms with E-state index in [0.717, 1.165) is 27.1 Å². The van der Waals surface area contributed by atoms with Gasteiger partial charge in [0.1, 0.15) is 0 Å². The van der Waals surface area contributed by atoms with Gasteiger partial charge in [-0.2, -0.15) is 0 Å². The van der Waals surface area contributed by atoms with Crippen molar-refractivity contribution in [2.75, 3.05) is 0 Å². The quantitative estimate of drug-likeness (QED) is 0.631. The predicted molar refractivity (Wildman–Crippen MR) is 75.6 cm³/mol. The van der Waals surface area contributed by atoms with Gasteiger partial charge in [-0.3, -0.25) is 0 Å². The molecule has 0 saturated heterocycles. The molecule has 1 atom stereocenters. The summed E-state index contributed by atoms with van der Waals surface area (Å²) in [5.74, 6) is -1.65. The molecule has 0 aliphatic heterocycles. The van der Waals surface area contributed by atoms with Crippen molar-refractivity contribution in [3.63, 3.8) is 0 Å². The van der Waals surface area contributed by atoms with E-state index < -0.39 is 11.9 Å². The summed E-state index contributed by atoms with van der Waals surface area (Å²) >= 11 is 0. The number of carbonyl (C=O) groups excluding carboxylic acids is 1. The molecule has 0 aliphatic carbocycles. The highest BCUT2D eigenvalue weighted by atomic mass is 16.4. The molecule has 0 N–H and O–H groups in total. The van der Waals surface area contributed by atoms with Gasteiger partial charge in [0.2, 0.25) is 0 Å².